The summed E-state index contributed by atoms with van der Waals surface area (Å²) in [5, 5.41) is 0. The number of Topliss-reactive ketones (excluding diaryl/α,β-unsaturated/α-hetero) is 1. The highest BCUT2D eigenvalue weighted by Crippen LogP contribution is 2.34. The number of carbonyl (C=O) groups excluding carboxylic acids is 1. The van der Waals surface area contributed by atoms with Gasteiger partial charge in [-0.25, -0.2) is 19.9 Å². The van der Waals surface area contributed by atoms with Crippen molar-refractivity contribution in [3.63, 3.8) is 0 Å². The van der Waals surface area contributed by atoms with E-state index in [9.17, 15) is 4.79 Å². The summed E-state index contributed by atoms with van der Waals surface area (Å²) in [4.78, 5) is 32.3. The van der Waals surface area contributed by atoms with Crippen molar-refractivity contribution in [3.05, 3.63) is 77.4 Å². The molecule has 0 radical (unpaired) electrons. The maximum atomic E-state index is 11.2. The van der Waals surface area contributed by atoms with E-state index in [0.717, 1.165) is 66.4 Å². The van der Waals surface area contributed by atoms with Crippen LogP contribution in [-0.4, -0.2) is 38.9 Å². The van der Waals surface area contributed by atoms with Crippen LogP contribution in [0.5, 0.6) is 0 Å². The van der Waals surface area contributed by atoms with E-state index in [1.54, 1.807) is 19.3 Å². The molecule has 7 nitrogen and oxygen atoms in total. The van der Waals surface area contributed by atoms with Gasteiger partial charge >= 0.3 is 0 Å². The molecular formula is C28H29N5O2. The van der Waals surface area contributed by atoms with Gasteiger partial charge in [0, 0.05) is 36.5 Å². The number of aromatic nitrogens is 4. The summed E-state index contributed by atoms with van der Waals surface area (Å²) in [7, 11) is 0. The Balaban J connectivity index is 1.50. The molecule has 0 saturated heterocycles. The quantitative estimate of drug-likeness (QED) is 0.503. The van der Waals surface area contributed by atoms with Gasteiger partial charge in [0.1, 0.15) is 5.78 Å². The third-order valence-electron chi connectivity index (χ3n) is 6.19. The maximum absolute atomic E-state index is 11.2. The Morgan fingerprint density at radius 3 is 2.71 bits per heavy atom. The van der Waals surface area contributed by atoms with Crippen molar-refractivity contribution in [1.82, 2.24) is 19.9 Å². The second-order valence-corrected chi connectivity index (χ2v) is 8.89. The fourth-order valence-electron chi connectivity index (χ4n) is 4.45. The van der Waals surface area contributed by atoms with Crippen LogP contribution >= 0.6 is 0 Å². The molecular weight excluding hydrogens is 438 g/mol. The Morgan fingerprint density at radius 2 is 1.91 bits per heavy atom. The molecule has 0 spiro atoms. The first-order valence-corrected chi connectivity index (χ1v) is 12.1. The smallest absolute Gasteiger partial charge is 0.225 e. The predicted octanol–water partition coefficient (Wildman–Crippen LogP) is 5.03. The molecule has 4 heterocycles. The Labute approximate surface area is 205 Å². The molecule has 1 aromatic carbocycles. The van der Waals surface area contributed by atoms with Crippen LogP contribution in [0.25, 0.3) is 23.0 Å². The summed E-state index contributed by atoms with van der Waals surface area (Å²) < 4.78 is 5.65. The van der Waals surface area contributed by atoms with Crippen LogP contribution in [0.4, 0.5) is 5.95 Å². The molecule has 0 N–H and O–H groups in total. The molecule has 0 fully saturated rings. The molecule has 5 rings (SSSR count). The lowest BCUT2D eigenvalue weighted by Crippen LogP contribution is -2.17. The lowest BCUT2D eigenvalue weighted by atomic mass is 9.99. The highest BCUT2D eigenvalue weighted by atomic mass is 16.5. The monoisotopic (exact) mass is 467 g/mol. The zero-order valence-corrected chi connectivity index (χ0v) is 20.0. The topological polar surface area (TPSA) is 81.1 Å². The van der Waals surface area contributed by atoms with Crippen molar-refractivity contribution in [2.75, 3.05) is 18.1 Å². The van der Waals surface area contributed by atoms with Crippen molar-refractivity contribution < 1.29 is 9.53 Å². The van der Waals surface area contributed by atoms with Crippen LogP contribution in [-0.2, 0) is 22.6 Å². The minimum absolute atomic E-state index is 0.155. The molecule has 0 aliphatic carbocycles. The van der Waals surface area contributed by atoms with E-state index in [-0.39, 0.29) is 5.78 Å². The first kappa shape index (κ1) is 23.1. The van der Waals surface area contributed by atoms with Crippen molar-refractivity contribution in [2.45, 2.75) is 45.7 Å². The second-order valence-electron chi connectivity index (χ2n) is 8.89. The van der Waals surface area contributed by atoms with E-state index < -0.39 is 0 Å². The summed E-state index contributed by atoms with van der Waals surface area (Å²) in [5.74, 6) is 1.59. The van der Waals surface area contributed by atoms with Gasteiger partial charge in [-0.05, 0) is 43.4 Å². The summed E-state index contributed by atoms with van der Waals surface area (Å²) in [6, 6.07) is 10.0. The number of benzene rings is 1. The van der Waals surface area contributed by atoms with Crippen LogP contribution in [0, 0.1) is 0 Å². The van der Waals surface area contributed by atoms with Crippen LogP contribution in [0.1, 0.15) is 55.1 Å². The number of ketones is 1. The molecule has 0 bridgehead atoms. The lowest BCUT2D eigenvalue weighted by Gasteiger charge is -2.16. The predicted molar refractivity (Wildman–Crippen MR) is 136 cm³/mol. The average molecular weight is 468 g/mol. The van der Waals surface area contributed by atoms with Crippen LogP contribution in [0.2, 0.25) is 0 Å². The van der Waals surface area contributed by atoms with Crippen molar-refractivity contribution in [2.24, 2.45) is 0 Å². The first-order valence-electron chi connectivity index (χ1n) is 12.1. The third-order valence-corrected chi connectivity index (χ3v) is 6.19. The zero-order valence-electron chi connectivity index (χ0n) is 20.0. The molecule has 0 unspecified atom stereocenters. The van der Waals surface area contributed by atoms with E-state index >= 15 is 0 Å². The van der Waals surface area contributed by atoms with E-state index in [0.29, 0.717) is 25.5 Å². The van der Waals surface area contributed by atoms with Gasteiger partial charge < -0.3 is 9.64 Å². The number of anilines is 1. The third kappa shape index (κ3) is 5.52. The molecule has 35 heavy (non-hydrogen) atoms. The largest absolute Gasteiger partial charge is 0.381 e. The summed E-state index contributed by atoms with van der Waals surface area (Å²) in [6.45, 7) is 4.47. The van der Waals surface area contributed by atoms with E-state index in [1.165, 1.54) is 5.57 Å². The van der Waals surface area contributed by atoms with Crippen LogP contribution < -0.4 is 4.90 Å². The number of fused-ring (bicyclic) bond motifs is 1. The van der Waals surface area contributed by atoms with Gasteiger partial charge in [0.05, 0.1) is 31.1 Å². The Bertz CT molecular complexity index is 1250. The minimum Gasteiger partial charge on any atom is -0.381 e. The van der Waals surface area contributed by atoms with Gasteiger partial charge in [-0.3, -0.25) is 4.79 Å². The summed E-state index contributed by atoms with van der Waals surface area (Å²) in [5.41, 5.74) is 6.52. The first-order chi connectivity index (χ1) is 17.2. The number of hydrogen-bond donors (Lipinski definition) is 0. The molecule has 2 aliphatic rings. The Morgan fingerprint density at radius 1 is 1.09 bits per heavy atom. The van der Waals surface area contributed by atoms with Gasteiger partial charge in [0.2, 0.25) is 5.95 Å². The number of carbonyl (C=O) groups is 1. The molecule has 2 aromatic heterocycles. The number of allylic oxidation sites excluding steroid dienone is 2. The normalized spacial score (nSPS) is 16.0. The number of hydrogen-bond acceptors (Lipinski definition) is 7. The number of ether oxygens (including phenoxy) is 1. The van der Waals surface area contributed by atoms with E-state index in [1.807, 2.05) is 42.5 Å². The highest BCUT2D eigenvalue weighted by Gasteiger charge is 2.28. The van der Waals surface area contributed by atoms with Gasteiger partial charge in [-0.15, -0.1) is 0 Å². The number of rotatable bonds is 6. The fourth-order valence-corrected chi connectivity index (χ4v) is 4.45. The molecule has 178 valence electrons. The maximum Gasteiger partial charge on any atom is 0.225 e. The van der Waals surface area contributed by atoms with Gasteiger partial charge in [-0.2, -0.15) is 0 Å². The molecule has 0 amide bonds. The minimum atomic E-state index is 0.155. The summed E-state index contributed by atoms with van der Waals surface area (Å²) in [6.07, 6.45) is 12.9. The van der Waals surface area contributed by atoms with Crippen molar-refractivity contribution in [3.8, 4) is 11.4 Å². The average Bonchev–Trinajstić information content (AvgIpc) is 3.29. The Hall–Kier alpha value is -3.71. The van der Waals surface area contributed by atoms with E-state index in [2.05, 4.69) is 20.9 Å². The molecule has 3 aromatic rings. The standard InChI is InChI=1S/C28H29N5O2/c1-20(34)6-2-7-21-10-12-23(13-11-21)27-31-25-19-33(28-29-14-5-15-30-28)18-24(25)26(32-27)22-8-3-16-35-17-4-9-22/h2,5,7-8,10-15H,3-4,6,9,16-19H2,1H3/b7-2+,22-8?. The van der Waals surface area contributed by atoms with Crippen LogP contribution in [0.15, 0.2) is 54.9 Å². The summed E-state index contributed by atoms with van der Waals surface area (Å²) >= 11 is 0. The van der Waals surface area contributed by atoms with Crippen molar-refractivity contribution in [1.29, 1.82) is 0 Å². The molecule has 2 aliphatic heterocycles. The van der Waals surface area contributed by atoms with Crippen LogP contribution in [0.3, 0.4) is 0 Å². The van der Waals surface area contributed by atoms with Gasteiger partial charge in [0.15, 0.2) is 5.82 Å². The Kier molecular flexibility index (Phi) is 7.04. The number of nitrogens with zero attached hydrogens (tertiary/aromatic N) is 5. The van der Waals surface area contributed by atoms with Gasteiger partial charge in [-0.1, -0.05) is 42.5 Å². The zero-order chi connectivity index (χ0) is 24.0. The molecule has 0 atom stereocenters. The lowest BCUT2D eigenvalue weighted by molar-refractivity contribution is -0.116. The van der Waals surface area contributed by atoms with Gasteiger partial charge in [0.25, 0.3) is 0 Å². The fraction of sp³-hybridized carbons (Fsp3) is 0.321. The van der Waals surface area contributed by atoms with Crippen molar-refractivity contribution >= 4 is 23.4 Å². The molecule has 7 heteroatoms. The highest BCUT2D eigenvalue weighted by molar-refractivity contribution is 5.78. The molecule has 0 saturated carbocycles. The second kappa shape index (κ2) is 10.7. The SMILES string of the molecule is CC(=O)C/C=C/c1ccc(-c2nc3c(c(C4=CCCOCCC4)n2)CN(c2ncccn2)C3)cc1. The van der Waals surface area contributed by atoms with E-state index in [4.69, 9.17) is 14.7 Å².